The van der Waals surface area contributed by atoms with Gasteiger partial charge in [0.2, 0.25) is 0 Å². The molecule has 10 heteroatoms. The van der Waals surface area contributed by atoms with Crippen LogP contribution in [0.2, 0.25) is 0 Å². The van der Waals surface area contributed by atoms with Crippen molar-refractivity contribution in [2.24, 2.45) is 0 Å². The Morgan fingerprint density at radius 1 is 0.515 bits per heavy atom. The highest BCUT2D eigenvalue weighted by Gasteiger charge is 2.16. The fourth-order valence-corrected chi connectivity index (χ4v) is 4.37. The van der Waals surface area contributed by atoms with Crippen molar-refractivity contribution >= 4 is 20.5 Å². The Labute approximate surface area is 204 Å². The Balaban J connectivity index is 0. The number of unbranched alkanes of at least 4 members (excludes halogenated alkanes) is 15. The van der Waals surface area contributed by atoms with Gasteiger partial charge in [0.05, 0.1) is 32.9 Å². The first-order valence-corrected chi connectivity index (χ1v) is 15.7. The lowest BCUT2D eigenvalue weighted by atomic mass is 10.0. The molecule has 0 heterocycles. The van der Waals surface area contributed by atoms with Crippen molar-refractivity contribution in [1.82, 2.24) is 0 Å². The summed E-state index contributed by atoms with van der Waals surface area (Å²) in [5.74, 6) is -0.117. The van der Waals surface area contributed by atoms with E-state index < -0.39 is 20.5 Å². The van der Waals surface area contributed by atoms with E-state index in [1.165, 1.54) is 103 Å². The van der Waals surface area contributed by atoms with Gasteiger partial charge in [-0.15, -0.1) is 0 Å². The van der Waals surface area contributed by atoms with Crippen LogP contribution in [0, 0.1) is 0 Å². The van der Waals surface area contributed by atoms with Crippen LogP contribution in [-0.2, 0) is 20.5 Å². The van der Waals surface area contributed by atoms with Gasteiger partial charge in [0.25, 0.3) is 10.1 Å². The number of nitrogens with zero attached hydrogens (tertiary/aromatic N) is 1. The maximum absolute atomic E-state index is 10.8. The van der Waals surface area contributed by atoms with Gasteiger partial charge in [0.15, 0.2) is 0 Å². The Hall–Kier alpha value is -0.260. The van der Waals surface area contributed by atoms with Gasteiger partial charge < -0.3 is 4.48 Å². The highest BCUT2D eigenvalue weighted by atomic mass is 32.3. The highest BCUT2D eigenvalue weighted by molar-refractivity contribution is 7.85. The van der Waals surface area contributed by atoms with E-state index in [-0.39, 0.29) is 5.75 Å². The zero-order valence-corrected chi connectivity index (χ0v) is 23.0. The molecule has 0 amide bonds. The van der Waals surface area contributed by atoms with Gasteiger partial charge >= 0.3 is 10.4 Å². The Morgan fingerprint density at radius 2 is 0.788 bits per heavy atom. The van der Waals surface area contributed by atoms with E-state index in [0.29, 0.717) is 6.42 Å². The fraction of sp³-hybridized carbons (Fsp3) is 1.00. The minimum absolute atomic E-state index is 0.117. The third-order valence-electron chi connectivity index (χ3n) is 5.78. The molecule has 0 aliphatic carbocycles. The van der Waals surface area contributed by atoms with Gasteiger partial charge in [0, 0.05) is 6.42 Å². The van der Waals surface area contributed by atoms with E-state index in [2.05, 4.69) is 21.0 Å². The number of hydrogen-bond donors (Lipinski definition) is 3. The first-order chi connectivity index (χ1) is 15.3. The number of quaternary nitrogens is 1. The third kappa shape index (κ3) is 39.3. The molecule has 0 atom stereocenters. The molecule has 0 aromatic carbocycles. The molecule has 0 aromatic rings. The van der Waals surface area contributed by atoms with Crippen molar-refractivity contribution in [2.75, 3.05) is 32.9 Å². The normalized spacial score (nSPS) is 12.4. The van der Waals surface area contributed by atoms with Crippen LogP contribution in [0.1, 0.15) is 116 Å². The molecule has 0 rings (SSSR count). The van der Waals surface area contributed by atoms with Gasteiger partial charge in [-0.2, -0.15) is 16.8 Å². The van der Waals surface area contributed by atoms with Crippen molar-refractivity contribution in [3.63, 3.8) is 0 Å². The molecule has 0 radical (unpaired) electrons. The summed E-state index contributed by atoms with van der Waals surface area (Å²) in [6, 6.07) is 0. The zero-order chi connectivity index (χ0) is 25.6. The Bertz CT molecular complexity index is 627. The first kappa shape index (κ1) is 34.9. The lowest BCUT2D eigenvalue weighted by Crippen LogP contribution is -2.41. The van der Waals surface area contributed by atoms with E-state index in [0.717, 1.165) is 17.6 Å². The summed E-state index contributed by atoms with van der Waals surface area (Å²) in [5.41, 5.74) is 0. The average molecular weight is 519 g/mol. The molecule has 202 valence electrons. The summed E-state index contributed by atoms with van der Waals surface area (Å²) in [5, 5.41) is 0. The van der Waals surface area contributed by atoms with Crippen LogP contribution >= 0.6 is 0 Å². The van der Waals surface area contributed by atoms with Crippen molar-refractivity contribution in [1.29, 1.82) is 0 Å². The smallest absolute Gasteiger partial charge is 0.328 e. The summed E-state index contributed by atoms with van der Waals surface area (Å²) in [6.45, 7) is 4.17. The molecule has 0 unspecified atom stereocenters. The maximum atomic E-state index is 10.8. The summed E-state index contributed by atoms with van der Waals surface area (Å²) in [6.07, 6.45) is 22.7. The van der Waals surface area contributed by atoms with E-state index in [9.17, 15) is 8.42 Å². The maximum Gasteiger partial charge on any atom is 0.394 e. The molecule has 8 nitrogen and oxygen atoms in total. The molecule has 0 bridgehead atoms. The third-order valence-corrected chi connectivity index (χ3v) is 6.59. The Morgan fingerprint density at radius 3 is 1.09 bits per heavy atom. The molecular formula is C23H52NO7S2+. The predicted molar refractivity (Wildman–Crippen MR) is 137 cm³/mol. The molecule has 0 fully saturated rings. The van der Waals surface area contributed by atoms with Gasteiger partial charge in [-0.1, -0.05) is 96.8 Å². The molecule has 0 aliphatic heterocycles. The second kappa shape index (κ2) is 21.1. The lowest BCUT2D eigenvalue weighted by Gasteiger charge is -2.29. The van der Waals surface area contributed by atoms with Crippen molar-refractivity contribution < 1.29 is 35.0 Å². The minimum Gasteiger partial charge on any atom is -0.328 e. The van der Waals surface area contributed by atoms with E-state index in [1.807, 2.05) is 0 Å². The summed E-state index contributed by atoms with van der Waals surface area (Å²) in [7, 11) is -4.18. The van der Waals surface area contributed by atoms with Crippen LogP contribution < -0.4 is 0 Å². The number of rotatable bonds is 21. The van der Waals surface area contributed by atoms with Crippen LogP contribution in [0.5, 0.6) is 0 Å². The molecule has 0 spiro atoms. The van der Waals surface area contributed by atoms with Gasteiger partial charge in [-0.3, -0.25) is 13.7 Å². The van der Waals surface area contributed by atoms with E-state index >= 15 is 0 Å². The zero-order valence-electron chi connectivity index (χ0n) is 21.4. The van der Waals surface area contributed by atoms with Crippen LogP contribution in [0.4, 0.5) is 0 Å². The molecule has 0 aromatic heterocycles. The minimum atomic E-state index is -4.67. The van der Waals surface area contributed by atoms with Crippen LogP contribution in [0.25, 0.3) is 0 Å². The second-order valence-electron chi connectivity index (χ2n) is 9.77. The van der Waals surface area contributed by atoms with Gasteiger partial charge in [0.1, 0.15) is 0 Å². The van der Waals surface area contributed by atoms with Crippen LogP contribution in [0.15, 0.2) is 0 Å². The first-order valence-electron chi connectivity index (χ1n) is 12.7. The average Bonchev–Trinajstić information content (AvgIpc) is 2.65. The van der Waals surface area contributed by atoms with Crippen molar-refractivity contribution in [3.05, 3.63) is 0 Å². The van der Waals surface area contributed by atoms with Gasteiger partial charge in [-0.05, 0) is 12.8 Å². The van der Waals surface area contributed by atoms with Crippen LogP contribution in [-0.4, -0.2) is 67.9 Å². The highest BCUT2D eigenvalue weighted by Crippen LogP contribution is 2.14. The van der Waals surface area contributed by atoms with Crippen molar-refractivity contribution in [2.45, 2.75) is 116 Å². The fourth-order valence-electron chi connectivity index (χ4n) is 3.87. The predicted octanol–water partition coefficient (Wildman–Crippen LogP) is 5.95. The standard InChI is InChI=1S/C23H49NO3S.H2O4S/c1-4-5-6-7-8-9-10-11-12-13-14-15-16-17-18-19-21-24(2,3)22-20-23-28(25,26)27;1-5(2,3)4/h4-23H2,1-3H3;(H2,1,2,3,4)/p+1. The van der Waals surface area contributed by atoms with Crippen molar-refractivity contribution in [3.8, 4) is 0 Å². The topological polar surface area (TPSA) is 129 Å². The molecule has 3 N–H and O–H groups in total. The van der Waals surface area contributed by atoms with Crippen LogP contribution in [0.3, 0.4) is 0 Å². The SMILES string of the molecule is CCCCCCCCCCCCCCCCCC[N+](C)(C)CCCS(=O)(=O)O.O=S(=O)(O)O. The van der Waals surface area contributed by atoms with Gasteiger partial charge in [-0.25, -0.2) is 0 Å². The summed E-state index contributed by atoms with van der Waals surface area (Å²) in [4.78, 5) is 0. The molecular weight excluding hydrogens is 466 g/mol. The quantitative estimate of drug-likeness (QED) is 0.0972. The molecule has 0 saturated heterocycles. The molecule has 0 aliphatic rings. The van der Waals surface area contributed by atoms with E-state index in [1.54, 1.807) is 0 Å². The summed E-state index contributed by atoms with van der Waals surface area (Å²) < 4.78 is 62.8. The lowest BCUT2D eigenvalue weighted by molar-refractivity contribution is -0.890. The summed E-state index contributed by atoms with van der Waals surface area (Å²) >= 11 is 0. The molecule has 33 heavy (non-hydrogen) atoms. The van der Waals surface area contributed by atoms with E-state index in [4.69, 9.17) is 22.1 Å². The molecule has 0 saturated carbocycles. The monoisotopic (exact) mass is 518 g/mol. The Kier molecular flexibility index (Phi) is 22.3. The second-order valence-corrected chi connectivity index (χ2v) is 12.2. The number of hydrogen-bond acceptors (Lipinski definition) is 4. The largest absolute Gasteiger partial charge is 0.394 e.